The van der Waals surface area contributed by atoms with E-state index in [4.69, 9.17) is 9.15 Å². The summed E-state index contributed by atoms with van der Waals surface area (Å²) in [6, 6.07) is 17.0. The smallest absolute Gasteiger partial charge is 0.296 e. The van der Waals surface area contributed by atoms with Crippen molar-refractivity contribution in [3.63, 3.8) is 0 Å². The molecule has 32 heavy (non-hydrogen) atoms. The van der Waals surface area contributed by atoms with E-state index in [0.717, 1.165) is 11.3 Å². The Hall–Kier alpha value is -4.00. The third-order valence-corrected chi connectivity index (χ3v) is 5.53. The van der Waals surface area contributed by atoms with Gasteiger partial charge in [-0.2, -0.15) is 0 Å². The molecule has 7 nitrogen and oxygen atoms in total. The summed E-state index contributed by atoms with van der Waals surface area (Å²) in [6.45, 7) is 0.108. The molecule has 2 heterocycles. The molecule has 3 aromatic rings. The number of likely N-dealkylation sites (tertiary alicyclic amines) is 1. The van der Waals surface area contributed by atoms with Gasteiger partial charge in [-0.15, -0.1) is 0 Å². The molecule has 7 heteroatoms. The van der Waals surface area contributed by atoms with Gasteiger partial charge in [0.25, 0.3) is 11.7 Å². The number of hydrogen-bond donors (Lipinski definition) is 1. The summed E-state index contributed by atoms with van der Waals surface area (Å²) in [7, 11) is 5.41. The number of nitrogens with zero attached hydrogens (tertiary/aromatic N) is 2. The standard InChI is InChI=1S/C25H24N2O5/c1-26(2)18-10-6-16(7-11-18)22-21(23(28)17-8-12-19(31-3)13-9-17)24(29)25(30)27(22)15-20-5-4-14-32-20/h4-14,22,28H,15H2,1-3H3/t22-/m0/s1. The number of ether oxygens (including phenoxy) is 1. The first-order valence-corrected chi connectivity index (χ1v) is 10.1. The van der Waals surface area contributed by atoms with Crippen LogP contribution in [0.2, 0.25) is 0 Å². The third-order valence-electron chi connectivity index (χ3n) is 5.53. The number of Topliss-reactive ketones (excluding diaryl/α,β-unsaturated/α-hetero) is 1. The summed E-state index contributed by atoms with van der Waals surface area (Å²) in [5, 5.41) is 11.1. The number of carbonyl (C=O) groups excluding carboxylic acids is 2. The Balaban J connectivity index is 1.83. The van der Waals surface area contributed by atoms with E-state index in [1.165, 1.54) is 11.2 Å². The molecule has 0 unspecified atom stereocenters. The third kappa shape index (κ3) is 3.85. The minimum absolute atomic E-state index is 0.0457. The van der Waals surface area contributed by atoms with E-state index in [9.17, 15) is 14.7 Å². The lowest BCUT2D eigenvalue weighted by Gasteiger charge is -2.25. The van der Waals surface area contributed by atoms with E-state index in [-0.39, 0.29) is 17.9 Å². The largest absolute Gasteiger partial charge is 0.507 e. The molecule has 1 amide bonds. The first-order chi connectivity index (χ1) is 15.4. The van der Waals surface area contributed by atoms with Crippen LogP contribution < -0.4 is 9.64 Å². The van der Waals surface area contributed by atoms with Crippen molar-refractivity contribution >= 4 is 23.1 Å². The molecule has 0 bridgehead atoms. The lowest BCUT2D eigenvalue weighted by molar-refractivity contribution is -0.140. The Morgan fingerprint density at radius 2 is 1.75 bits per heavy atom. The summed E-state index contributed by atoms with van der Waals surface area (Å²) in [4.78, 5) is 29.5. The van der Waals surface area contributed by atoms with Gasteiger partial charge in [0.15, 0.2) is 0 Å². The number of methoxy groups -OCH3 is 1. The van der Waals surface area contributed by atoms with Gasteiger partial charge in [-0.1, -0.05) is 12.1 Å². The second-order valence-electron chi connectivity index (χ2n) is 7.72. The molecular formula is C25H24N2O5. The van der Waals surface area contributed by atoms with Crippen molar-refractivity contribution in [1.82, 2.24) is 4.90 Å². The number of anilines is 1. The number of amides is 1. The van der Waals surface area contributed by atoms with Gasteiger partial charge in [0, 0.05) is 25.3 Å². The SMILES string of the molecule is COc1ccc(C(O)=C2C(=O)C(=O)N(Cc3ccco3)[C@H]2c2ccc(N(C)C)cc2)cc1. The Morgan fingerprint density at radius 1 is 1.06 bits per heavy atom. The van der Waals surface area contributed by atoms with Crippen LogP contribution in [-0.4, -0.2) is 42.9 Å². The molecule has 1 aliphatic rings. The monoisotopic (exact) mass is 432 g/mol. The molecule has 0 radical (unpaired) electrons. The normalized spacial score (nSPS) is 17.6. The van der Waals surface area contributed by atoms with Gasteiger partial charge in [0.1, 0.15) is 17.3 Å². The molecule has 1 N–H and O–H groups in total. The number of aliphatic hydroxyl groups excluding tert-OH is 1. The zero-order chi connectivity index (χ0) is 22.8. The Bertz CT molecular complexity index is 1150. The first kappa shape index (κ1) is 21.2. The fourth-order valence-electron chi connectivity index (χ4n) is 3.82. The van der Waals surface area contributed by atoms with Crippen molar-refractivity contribution in [3.8, 4) is 5.75 Å². The highest BCUT2D eigenvalue weighted by molar-refractivity contribution is 6.46. The molecule has 1 saturated heterocycles. The van der Waals surface area contributed by atoms with Crippen LogP contribution in [0.1, 0.15) is 22.9 Å². The van der Waals surface area contributed by atoms with E-state index in [0.29, 0.717) is 17.1 Å². The molecule has 4 rings (SSSR count). The second-order valence-corrected chi connectivity index (χ2v) is 7.72. The second kappa shape index (κ2) is 8.63. The Labute approximate surface area is 186 Å². The maximum Gasteiger partial charge on any atom is 0.296 e. The quantitative estimate of drug-likeness (QED) is 0.360. The molecule has 0 aliphatic carbocycles. The van der Waals surface area contributed by atoms with Crippen molar-refractivity contribution < 1.29 is 23.8 Å². The molecular weight excluding hydrogens is 408 g/mol. The predicted octanol–water partition coefficient (Wildman–Crippen LogP) is 3.98. The van der Waals surface area contributed by atoms with Gasteiger partial charge in [-0.25, -0.2) is 0 Å². The van der Waals surface area contributed by atoms with Gasteiger partial charge in [0.05, 0.1) is 31.5 Å². The minimum atomic E-state index is -0.751. The van der Waals surface area contributed by atoms with Crippen molar-refractivity contribution in [3.05, 3.63) is 89.4 Å². The molecule has 164 valence electrons. The van der Waals surface area contributed by atoms with Crippen LogP contribution in [0.5, 0.6) is 5.75 Å². The summed E-state index contributed by atoms with van der Waals surface area (Å²) in [6.07, 6.45) is 1.52. The zero-order valence-electron chi connectivity index (χ0n) is 18.1. The average Bonchev–Trinajstić information content (AvgIpc) is 3.41. The fraction of sp³-hybridized carbons (Fsp3) is 0.200. The lowest BCUT2D eigenvalue weighted by atomic mass is 9.95. The summed E-state index contributed by atoms with van der Waals surface area (Å²) in [5.41, 5.74) is 2.17. The highest BCUT2D eigenvalue weighted by Crippen LogP contribution is 2.40. The van der Waals surface area contributed by atoms with Crippen molar-refractivity contribution in [2.24, 2.45) is 0 Å². The van der Waals surface area contributed by atoms with Gasteiger partial charge >= 0.3 is 0 Å². The maximum atomic E-state index is 13.1. The van der Waals surface area contributed by atoms with Gasteiger partial charge in [-0.3, -0.25) is 9.59 Å². The van der Waals surface area contributed by atoms with E-state index < -0.39 is 17.7 Å². The number of benzene rings is 2. The number of ketones is 1. The lowest BCUT2D eigenvalue weighted by Crippen LogP contribution is -2.29. The van der Waals surface area contributed by atoms with Crippen molar-refractivity contribution in [1.29, 1.82) is 0 Å². The topological polar surface area (TPSA) is 83.2 Å². The van der Waals surface area contributed by atoms with Crippen molar-refractivity contribution in [2.45, 2.75) is 12.6 Å². The van der Waals surface area contributed by atoms with Crippen LogP contribution >= 0.6 is 0 Å². The number of carbonyl (C=O) groups is 2. The summed E-state index contributed by atoms with van der Waals surface area (Å²) >= 11 is 0. The molecule has 0 spiro atoms. The van der Waals surface area contributed by atoms with Gasteiger partial charge < -0.3 is 24.1 Å². The molecule has 1 fully saturated rings. The van der Waals surface area contributed by atoms with Crippen LogP contribution in [0.3, 0.4) is 0 Å². The number of furan rings is 1. The van der Waals surface area contributed by atoms with Gasteiger partial charge in [-0.05, 0) is 54.1 Å². The highest BCUT2D eigenvalue weighted by Gasteiger charge is 2.46. The summed E-state index contributed by atoms with van der Waals surface area (Å²) in [5.74, 6) is -0.471. The predicted molar refractivity (Wildman–Crippen MR) is 120 cm³/mol. The Kier molecular flexibility index (Phi) is 5.73. The fourth-order valence-corrected chi connectivity index (χ4v) is 3.82. The summed E-state index contributed by atoms with van der Waals surface area (Å²) < 4.78 is 10.6. The highest BCUT2D eigenvalue weighted by atomic mass is 16.5. The van der Waals surface area contributed by atoms with Crippen LogP contribution in [0, 0.1) is 0 Å². The van der Waals surface area contributed by atoms with E-state index in [1.54, 1.807) is 43.5 Å². The maximum absolute atomic E-state index is 13.1. The zero-order valence-corrected chi connectivity index (χ0v) is 18.1. The molecule has 1 aliphatic heterocycles. The van der Waals surface area contributed by atoms with Crippen LogP contribution in [0.25, 0.3) is 5.76 Å². The molecule has 1 atom stereocenters. The van der Waals surface area contributed by atoms with Crippen LogP contribution in [0.15, 0.2) is 76.9 Å². The van der Waals surface area contributed by atoms with Gasteiger partial charge in [0.2, 0.25) is 0 Å². The Morgan fingerprint density at radius 3 is 2.31 bits per heavy atom. The number of aliphatic hydroxyl groups is 1. The van der Waals surface area contributed by atoms with Crippen LogP contribution in [0.4, 0.5) is 5.69 Å². The van der Waals surface area contributed by atoms with E-state index in [1.807, 2.05) is 43.3 Å². The number of rotatable bonds is 6. The minimum Gasteiger partial charge on any atom is -0.507 e. The van der Waals surface area contributed by atoms with Crippen molar-refractivity contribution in [2.75, 3.05) is 26.1 Å². The average molecular weight is 432 g/mol. The molecule has 1 aromatic heterocycles. The molecule has 0 saturated carbocycles. The van der Waals surface area contributed by atoms with E-state index in [2.05, 4.69) is 0 Å². The van der Waals surface area contributed by atoms with Crippen LogP contribution in [-0.2, 0) is 16.1 Å². The molecule has 2 aromatic carbocycles. The van der Waals surface area contributed by atoms with E-state index >= 15 is 0 Å². The first-order valence-electron chi connectivity index (χ1n) is 10.1. The number of hydrogen-bond acceptors (Lipinski definition) is 6.